The number of aromatic nitrogens is 2. The molecule has 0 aliphatic carbocycles. The van der Waals surface area contributed by atoms with Gasteiger partial charge < -0.3 is 4.90 Å². The molecule has 2 heterocycles. The minimum atomic E-state index is -3.52. The summed E-state index contributed by atoms with van der Waals surface area (Å²) in [5.74, 6) is 0.0415. The van der Waals surface area contributed by atoms with Crippen LogP contribution in [0, 0.1) is 6.92 Å². The number of sulfonamides is 1. The van der Waals surface area contributed by atoms with Crippen molar-refractivity contribution in [2.45, 2.75) is 24.7 Å². The third kappa shape index (κ3) is 4.86. The van der Waals surface area contributed by atoms with Crippen molar-refractivity contribution in [3.05, 3.63) is 78.1 Å². The van der Waals surface area contributed by atoms with Crippen LogP contribution in [0.25, 0.3) is 5.69 Å². The smallest absolute Gasteiger partial charge is 0.243 e. The zero-order valence-corrected chi connectivity index (χ0v) is 18.3. The van der Waals surface area contributed by atoms with Gasteiger partial charge in [-0.1, -0.05) is 35.9 Å². The van der Waals surface area contributed by atoms with E-state index in [9.17, 15) is 13.2 Å². The van der Waals surface area contributed by atoms with E-state index in [1.807, 2.05) is 43.5 Å². The van der Waals surface area contributed by atoms with Crippen molar-refractivity contribution in [1.29, 1.82) is 0 Å². The van der Waals surface area contributed by atoms with Gasteiger partial charge in [0.15, 0.2) is 0 Å². The lowest BCUT2D eigenvalue weighted by molar-refractivity contribution is -0.132. The quantitative estimate of drug-likeness (QED) is 0.593. The van der Waals surface area contributed by atoms with E-state index in [0.717, 1.165) is 16.8 Å². The van der Waals surface area contributed by atoms with Crippen molar-refractivity contribution in [2.75, 3.05) is 26.2 Å². The number of amides is 1. The van der Waals surface area contributed by atoms with Gasteiger partial charge in [-0.25, -0.2) is 13.1 Å². The van der Waals surface area contributed by atoms with Crippen molar-refractivity contribution >= 4 is 15.9 Å². The van der Waals surface area contributed by atoms with Crippen LogP contribution in [-0.4, -0.2) is 59.5 Å². The predicted molar refractivity (Wildman–Crippen MR) is 118 cm³/mol. The van der Waals surface area contributed by atoms with E-state index in [1.54, 1.807) is 40.0 Å². The lowest BCUT2D eigenvalue weighted by Gasteiger charge is -2.34. The lowest BCUT2D eigenvalue weighted by atomic mass is 10.2. The summed E-state index contributed by atoms with van der Waals surface area (Å²) in [6.07, 6.45) is 4.71. The van der Waals surface area contributed by atoms with E-state index in [-0.39, 0.29) is 5.91 Å². The second kappa shape index (κ2) is 9.03. The third-order valence-electron chi connectivity index (χ3n) is 5.53. The standard InChI is InChI=1S/C23H26N4O3S/c1-19-7-10-22(11-8-19)31(29,30)26-15-13-25(14-16-26)23(28)12-9-20-17-24-27(18-20)21-5-3-2-4-6-21/h2-8,10-11,17-18H,9,12-16H2,1H3. The molecule has 1 amide bonds. The summed E-state index contributed by atoms with van der Waals surface area (Å²) in [5.41, 5.74) is 2.99. The van der Waals surface area contributed by atoms with E-state index in [2.05, 4.69) is 5.10 Å². The molecule has 7 nitrogen and oxygen atoms in total. The summed E-state index contributed by atoms with van der Waals surface area (Å²) in [4.78, 5) is 14.7. The molecule has 31 heavy (non-hydrogen) atoms. The molecule has 0 N–H and O–H groups in total. The average Bonchev–Trinajstić information content (AvgIpc) is 3.27. The van der Waals surface area contributed by atoms with Gasteiger partial charge in [0, 0.05) is 38.8 Å². The van der Waals surface area contributed by atoms with E-state index in [1.165, 1.54) is 4.31 Å². The molecule has 1 aliphatic rings. The van der Waals surface area contributed by atoms with Crippen LogP contribution in [0.3, 0.4) is 0 Å². The van der Waals surface area contributed by atoms with Crippen LogP contribution >= 0.6 is 0 Å². The Balaban J connectivity index is 1.30. The van der Waals surface area contributed by atoms with Crippen molar-refractivity contribution in [3.63, 3.8) is 0 Å². The molecule has 0 saturated carbocycles. The molecule has 0 unspecified atom stereocenters. The minimum absolute atomic E-state index is 0.0415. The van der Waals surface area contributed by atoms with E-state index in [4.69, 9.17) is 0 Å². The maximum absolute atomic E-state index is 12.8. The molecule has 1 fully saturated rings. The Bertz CT molecular complexity index is 1130. The van der Waals surface area contributed by atoms with Gasteiger partial charge in [-0.3, -0.25) is 4.79 Å². The van der Waals surface area contributed by atoms with Crippen molar-refractivity contribution in [2.24, 2.45) is 0 Å². The normalized spacial score (nSPS) is 15.2. The van der Waals surface area contributed by atoms with Crippen LogP contribution in [0.4, 0.5) is 0 Å². The fraction of sp³-hybridized carbons (Fsp3) is 0.304. The number of para-hydroxylation sites is 1. The van der Waals surface area contributed by atoms with Gasteiger partial charge in [-0.05, 0) is 43.2 Å². The Labute approximate surface area is 183 Å². The number of hydrogen-bond donors (Lipinski definition) is 0. The molecule has 0 radical (unpaired) electrons. The van der Waals surface area contributed by atoms with Crippen LogP contribution in [0.15, 0.2) is 71.9 Å². The fourth-order valence-corrected chi connectivity index (χ4v) is 5.08. The average molecular weight is 439 g/mol. The first-order valence-corrected chi connectivity index (χ1v) is 11.8. The summed E-state index contributed by atoms with van der Waals surface area (Å²) in [7, 11) is -3.52. The molecule has 1 aliphatic heterocycles. The Morgan fingerprint density at radius 1 is 0.968 bits per heavy atom. The highest BCUT2D eigenvalue weighted by Gasteiger charge is 2.29. The van der Waals surface area contributed by atoms with E-state index >= 15 is 0 Å². The summed E-state index contributed by atoms with van der Waals surface area (Å²) >= 11 is 0. The zero-order chi connectivity index (χ0) is 21.8. The van der Waals surface area contributed by atoms with Gasteiger partial charge >= 0.3 is 0 Å². The topological polar surface area (TPSA) is 75.5 Å². The van der Waals surface area contributed by atoms with Gasteiger partial charge in [-0.2, -0.15) is 9.40 Å². The van der Waals surface area contributed by atoms with Crippen LogP contribution in [-0.2, 0) is 21.2 Å². The zero-order valence-electron chi connectivity index (χ0n) is 17.5. The number of hydrogen-bond acceptors (Lipinski definition) is 4. The third-order valence-corrected chi connectivity index (χ3v) is 7.45. The molecule has 1 aromatic heterocycles. The number of aryl methyl sites for hydroxylation is 2. The number of carbonyl (C=O) groups excluding carboxylic acids is 1. The Morgan fingerprint density at radius 3 is 2.32 bits per heavy atom. The number of benzene rings is 2. The second-order valence-corrected chi connectivity index (χ2v) is 9.66. The van der Waals surface area contributed by atoms with Gasteiger partial charge in [0.05, 0.1) is 16.8 Å². The van der Waals surface area contributed by atoms with Crippen LogP contribution in [0.1, 0.15) is 17.5 Å². The number of rotatable bonds is 6. The highest BCUT2D eigenvalue weighted by Crippen LogP contribution is 2.19. The van der Waals surface area contributed by atoms with Crippen LogP contribution in [0.2, 0.25) is 0 Å². The van der Waals surface area contributed by atoms with Crippen molar-refractivity contribution < 1.29 is 13.2 Å². The van der Waals surface area contributed by atoms with E-state index in [0.29, 0.717) is 43.9 Å². The molecular weight excluding hydrogens is 412 g/mol. The molecule has 3 aromatic rings. The fourth-order valence-electron chi connectivity index (χ4n) is 3.66. The summed E-state index contributed by atoms with van der Waals surface area (Å²) in [6.45, 7) is 3.37. The lowest BCUT2D eigenvalue weighted by Crippen LogP contribution is -2.50. The van der Waals surface area contributed by atoms with Crippen LogP contribution in [0.5, 0.6) is 0 Å². The summed E-state index contributed by atoms with van der Waals surface area (Å²) in [5, 5.41) is 4.37. The molecule has 0 bridgehead atoms. The van der Waals surface area contributed by atoms with Gasteiger partial charge in [0.2, 0.25) is 15.9 Å². The predicted octanol–water partition coefficient (Wildman–Crippen LogP) is 2.65. The highest BCUT2D eigenvalue weighted by molar-refractivity contribution is 7.89. The van der Waals surface area contributed by atoms with Crippen molar-refractivity contribution in [1.82, 2.24) is 19.0 Å². The van der Waals surface area contributed by atoms with Crippen molar-refractivity contribution in [3.8, 4) is 5.69 Å². The minimum Gasteiger partial charge on any atom is -0.340 e. The Hall–Kier alpha value is -2.97. The molecule has 0 atom stereocenters. The molecule has 4 rings (SSSR count). The Morgan fingerprint density at radius 2 is 1.65 bits per heavy atom. The second-order valence-electron chi connectivity index (χ2n) is 7.73. The maximum Gasteiger partial charge on any atom is 0.243 e. The van der Waals surface area contributed by atoms with Gasteiger partial charge in [0.25, 0.3) is 0 Å². The number of carbonyl (C=O) groups is 1. The first kappa shape index (κ1) is 21.3. The molecular formula is C23H26N4O3S. The largest absolute Gasteiger partial charge is 0.340 e. The van der Waals surface area contributed by atoms with Gasteiger partial charge in [-0.15, -0.1) is 0 Å². The molecule has 2 aromatic carbocycles. The monoisotopic (exact) mass is 438 g/mol. The highest BCUT2D eigenvalue weighted by atomic mass is 32.2. The molecule has 1 saturated heterocycles. The SMILES string of the molecule is Cc1ccc(S(=O)(=O)N2CCN(C(=O)CCc3cnn(-c4ccccc4)c3)CC2)cc1. The maximum atomic E-state index is 12.8. The molecule has 162 valence electrons. The molecule has 0 spiro atoms. The molecule has 8 heteroatoms. The van der Waals surface area contributed by atoms with Gasteiger partial charge in [0.1, 0.15) is 0 Å². The van der Waals surface area contributed by atoms with Crippen LogP contribution < -0.4 is 0 Å². The van der Waals surface area contributed by atoms with E-state index < -0.39 is 10.0 Å². The first-order chi connectivity index (χ1) is 14.9. The first-order valence-electron chi connectivity index (χ1n) is 10.4. The summed E-state index contributed by atoms with van der Waals surface area (Å²) < 4.78 is 28.9. The Kier molecular flexibility index (Phi) is 6.20. The number of nitrogens with zero attached hydrogens (tertiary/aromatic N) is 4. The summed E-state index contributed by atoms with van der Waals surface area (Å²) in [6, 6.07) is 16.7. The number of piperazine rings is 1.